The molecule has 0 bridgehead atoms. The van der Waals surface area contributed by atoms with Crippen LogP contribution in [0, 0.1) is 5.92 Å². The van der Waals surface area contributed by atoms with E-state index in [-0.39, 0.29) is 6.04 Å². The number of piperazine rings is 1. The van der Waals surface area contributed by atoms with Crippen LogP contribution in [0.4, 0.5) is 0 Å². The Morgan fingerprint density at radius 1 is 1.26 bits per heavy atom. The largest absolute Gasteiger partial charge is 0.480 e. The van der Waals surface area contributed by atoms with E-state index in [0.29, 0.717) is 0 Å². The zero-order chi connectivity index (χ0) is 13.8. The highest BCUT2D eigenvalue weighted by atomic mass is 16.4. The molecule has 0 aromatic carbocycles. The zero-order valence-electron chi connectivity index (χ0n) is 12.3. The van der Waals surface area contributed by atoms with Crippen LogP contribution in [-0.2, 0) is 4.79 Å². The molecule has 2 aliphatic rings. The van der Waals surface area contributed by atoms with Crippen LogP contribution in [0.1, 0.15) is 46.0 Å². The van der Waals surface area contributed by atoms with Crippen LogP contribution in [0.15, 0.2) is 0 Å². The maximum Gasteiger partial charge on any atom is 0.320 e. The fraction of sp³-hybridized carbons (Fsp3) is 0.933. The minimum atomic E-state index is -0.697. The number of carboxylic acid groups (broad SMARTS) is 1. The molecule has 4 nitrogen and oxygen atoms in total. The van der Waals surface area contributed by atoms with E-state index in [1.807, 2.05) is 0 Å². The third kappa shape index (κ3) is 3.69. The first-order valence-corrected chi connectivity index (χ1v) is 7.82. The second-order valence-electron chi connectivity index (χ2n) is 6.18. The van der Waals surface area contributed by atoms with Crippen molar-refractivity contribution in [2.45, 2.75) is 58.0 Å². The van der Waals surface area contributed by atoms with E-state index in [0.717, 1.165) is 38.1 Å². The Labute approximate surface area is 116 Å². The van der Waals surface area contributed by atoms with Crippen molar-refractivity contribution < 1.29 is 9.90 Å². The van der Waals surface area contributed by atoms with E-state index < -0.39 is 5.97 Å². The molecule has 4 heteroatoms. The molecule has 0 aromatic heterocycles. The Balaban J connectivity index is 1.81. The van der Waals surface area contributed by atoms with Crippen LogP contribution < -0.4 is 0 Å². The Morgan fingerprint density at radius 2 is 1.95 bits per heavy atom. The minimum Gasteiger partial charge on any atom is -0.480 e. The molecule has 2 fully saturated rings. The highest BCUT2D eigenvalue weighted by Crippen LogP contribution is 2.30. The molecule has 1 saturated carbocycles. The lowest BCUT2D eigenvalue weighted by Crippen LogP contribution is -2.54. The maximum atomic E-state index is 11.0. The van der Waals surface area contributed by atoms with Crippen LogP contribution in [0.5, 0.6) is 0 Å². The van der Waals surface area contributed by atoms with Gasteiger partial charge in [0.15, 0.2) is 0 Å². The summed E-state index contributed by atoms with van der Waals surface area (Å²) in [5, 5.41) is 9.06. The van der Waals surface area contributed by atoms with Gasteiger partial charge < -0.3 is 5.11 Å². The van der Waals surface area contributed by atoms with Crippen molar-refractivity contribution in [2.75, 3.05) is 26.2 Å². The first kappa shape index (κ1) is 14.8. The highest BCUT2D eigenvalue weighted by molar-refractivity contribution is 5.72. The zero-order valence-corrected chi connectivity index (χ0v) is 12.3. The van der Waals surface area contributed by atoms with Gasteiger partial charge in [-0.15, -0.1) is 0 Å². The Morgan fingerprint density at radius 3 is 2.53 bits per heavy atom. The molecule has 19 heavy (non-hydrogen) atoms. The lowest BCUT2D eigenvalue weighted by atomic mass is 9.83. The first-order valence-electron chi connectivity index (χ1n) is 7.82. The molecule has 0 spiro atoms. The van der Waals surface area contributed by atoms with Gasteiger partial charge in [0.2, 0.25) is 0 Å². The smallest absolute Gasteiger partial charge is 0.320 e. The molecule has 0 amide bonds. The van der Waals surface area contributed by atoms with Gasteiger partial charge >= 0.3 is 5.97 Å². The molecule has 3 atom stereocenters. The topological polar surface area (TPSA) is 43.8 Å². The van der Waals surface area contributed by atoms with Crippen LogP contribution in [0.25, 0.3) is 0 Å². The van der Waals surface area contributed by atoms with Gasteiger partial charge in [0.05, 0.1) is 0 Å². The fourth-order valence-electron chi connectivity index (χ4n) is 3.61. The summed E-state index contributed by atoms with van der Waals surface area (Å²) in [5.41, 5.74) is 0. The molecule has 1 saturated heterocycles. The molecule has 0 aromatic rings. The lowest BCUT2D eigenvalue weighted by Gasteiger charge is -2.43. The number of hydrogen-bond acceptors (Lipinski definition) is 3. The SMILES string of the molecule is CCC1CCCC(N2CCN(C(C)C(=O)O)CC2)C1. The number of carboxylic acids is 1. The molecular weight excluding hydrogens is 240 g/mol. The monoisotopic (exact) mass is 268 g/mol. The van der Waals surface area contributed by atoms with Crippen molar-refractivity contribution in [3.8, 4) is 0 Å². The molecule has 3 unspecified atom stereocenters. The van der Waals surface area contributed by atoms with Crippen molar-refractivity contribution in [3.05, 3.63) is 0 Å². The van der Waals surface area contributed by atoms with Crippen molar-refractivity contribution in [3.63, 3.8) is 0 Å². The predicted molar refractivity (Wildman–Crippen MR) is 76.3 cm³/mol. The minimum absolute atomic E-state index is 0.336. The average molecular weight is 268 g/mol. The normalized spacial score (nSPS) is 32.1. The Hall–Kier alpha value is -0.610. The van der Waals surface area contributed by atoms with Gasteiger partial charge in [-0.3, -0.25) is 14.6 Å². The Bertz CT molecular complexity index is 301. The fourth-order valence-corrected chi connectivity index (χ4v) is 3.61. The summed E-state index contributed by atoms with van der Waals surface area (Å²) in [7, 11) is 0. The molecule has 2 rings (SSSR count). The van der Waals surface area contributed by atoms with Gasteiger partial charge in [0.1, 0.15) is 6.04 Å². The van der Waals surface area contributed by atoms with Gasteiger partial charge in [-0.05, 0) is 25.7 Å². The molecule has 110 valence electrons. The van der Waals surface area contributed by atoms with Crippen LogP contribution >= 0.6 is 0 Å². The van der Waals surface area contributed by atoms with E-state index in [9.17, 15) is 4.79 Å². The van der Waals surface area contributed by atoms with Gasteiger partial charge in [-0.25, -0.2) is 0 Å². The van der Waals surface area contributed by atoms with E-state index in [2.05, 4.69) is 16.7 Å². The first-order chi connectivity index (χ1) is 9.11. The number of carbonyl (C=O) groups is 1. The molecule has 1 heterocycles. The van der Waals surface area contributed by atoms with E-state index in [1.165, 1.54) is 32.1 Å². The van der Waals surface area contributed by atoms with E-state index in [1.54, 1.807) is 6.92 Å². The van der Waals surface area contributed by atoms with Gasteiger partial charge in [-0.2, -0.15) is 0 Å². The van der Waals surface area contributed by atoms with Crippen molar-refractivity contribution >= 4 is 5.97 Å². The van der Waals surface area contributed by atoms with Gasteiger partial charge in [-0.1, -0.05) is 26.2 Å². The summed E-state index contributed by atoms with van der Waals surface area (Å²) in [6.45, 7) is 7.99. The van der Waals surface area contributed by atoms with Gasteiger partial charge in [0, 0.05) is 32.2 Å². The standard InChI is InChI=1S/C15H28N2O2/c1-3-13-5-4-6-14(11-13)17-9-7-16(8-10-17)12(2)15(18)19/h12-14H,3-11H2,1-2H3,(H,18,19). The molecule has 1 aliphatic carbocycles. The van der Waals surface area contributed by atoms with Crippen molar-refractivity contribution in [2.24, 2.45) is 5.92 Å². The van der Waals surface area contributed by atoms with Crippen LogP contribution in [0.2, 0.25) is 0 Å². The average Bonchev–Trinajstić information content (AvgIpc) is 2.46. The predicted octanol–water partition coefficient (Wildman–Crippen LogP) is 2.05. The molecule has 1 N–H and O–H groups in total. The third-order valence-electron chi connectivity index (χ3n) is 5.10. The summed E-state index contributed by atoms with van der Waals surface area (Å²) in [5.74, 6) is 0.215. The van der Waals surface area contributed by atoms with Crippen molar-refractivity contribution in [1.29, 1.82) is 0 Å². The third-order valence-corrected chi connectivity index (χ3v) is 5.10. The summed E-state index contributed by atoms with van der Waals surface area (Å²) >= 11 is 0. The maximum absolute atomic E-state index is 11.0. The molecular formula is C15H28N2O2. The molecule has 0 radical (unpaired) electrons. The van der Waals surface area contributed by atoms with Crippen LogP contribution in [-0.4, -0.2) is 59.1 Å². The molecule has 1 aliphatic heterocycles. The van der Waals surface area contributed by atoms with Crippen molar-refractivity contribution in [1.82, 2.24) is 9.80 Å². The number of rotatable bonds is 4. The number of nitrogens with zero attached hydrogens (tertiary/aromatic N) is 2. The quantitative estimate of drug-likeness (QED) is 0.847. The number of hydrogen-bond donors (Lipinski definition) is 1. The highest BCUT2D eigenvalue weighted by Gasteiger charge is 2.30. The van der Waals surface area contributed by atoms with Gasteiger partial charge in [0.25, 0.3) is 0 Å². The van der Waals surface area contributed by atoms with Crippen LogP contribution in [0.3, 0.4) is 0 Å². The van der Waals surface area contributed by atoms with E-state index >= 15 is 0 Å². The van der Waals surface area contributed by atoms with E-state index in [4.69, 9.17) is 5.11 Å². The summed E-state index contributed by atoms with van der Waals surface area (Å²) in [6, 6.07) is 0.415. The summed E-state index contributed by atoms with van der Waals surface area (Å²) < 4.78 is 0. The Kier molecular flexibility index (Phi) is 5.22. The second kappa shape index (κ2) is 6.71. The second-order valence-corrected chi connectivity index (χ2v) is 6.18. The lowest BCUT2D eigenvalue weighted by molar-refractivity contribution is -0.143. The summed E-state index contributed by atoms with van der Waals surface area (Å²) in [6.07, 6.45) is 6.78. The number of aliphatic carboxylic acids is 1. The summed E-state index contributed by atoms with van der Waals surface area (Å²) in [4.78, 5) is 15.7.